The smallest absolute Gasteiger partial charge is 0.411 e. The first-order chi connectivity index (χ1) is 17.8. The van der Waals surface area contributed by atoms with Crippen LogP contribution in [0.1, 0.15) is 47.2 Å². The van der Waals surface area contributed by atoms with Gasteiger partial charge in [0.2, 0.25) is 0 Å². The number of aryl methyl sites for hydroxylation is 1. The highest BCUT2D eigenvalue weighted by atomic mass is 79.9. The molecule has 0 atom stereocenters. The molecule has 3 aromatic carbocycles. The first-order valence-electron chi connectivity index (χ1n) is 12.1. The van der Waals surface area contributed by atoms with Crippen LogP contribution in [0.4, 0.5) is 21.9 Å². The van der Waals surface area contributed by atoms with E-state index >= 15 is 0 Å². The summed E-state index contributed by atoms with van der Waals surface area (Å²) in [5.74, 6) is 0.496. The van der Waals surface area contributed by atoms with E-state index in [9.17, 15) is 9.59 Å². The number of amides is 1. The zero-order valence-electron chi connectivity index (χ0n) is 20.5. The number of carbonyl (C=O) groups excluding carboxylic acids is 2. The molecule has 0 spiro atoms. The number of ketones is 1. The molecule has 3 aromatic rings. The second kappa shape index (κ2) is 12.3. The molecule has 8 heteroatoms. The average Bonchev–Trinajstić information content (AvgIpc) is 3.37. The van der Waals surface area contributed by atoms with Crippen molar-refractivity contribution in [2.45, 2.75) is 38.7 Å². The summed E-state index contributed by atoms with van der Waals surface area (Å²) >= 11 is 9.99. The maximum Gasteiger partial charge on any atom is 0.411 e. The molecule has 1 aliphatic rings. The molecule has 37 heavy (non-hydrogen) atoms. The highest BCUT2D eigenvalue weighted by Crippen LogP contribution is 2.32. The Kier molecular flexibility index (Phi) is 8.90. The van der Waals surface area contributed by atoms with Gasteiger partial charge in [-0.05, 0) is 92.8 Å². The molecule has 1 aliphatic carbocycles. The van der Waals surface area contributed by atoms with Gasteiger partial charge in [-0.15, -0.1) is 0 Å². The van der Waals surface area contributed by atoms with Gasteiger partial charge >= 0.3 is 6.09 Å². The summed E-state index contributed by atoms with van der Waals surface area (Å²) in [6, 6.07) is 16.0. The van der Waals surface area contributed by atoms with Gasteiger partial charge in [0.1, 0.15) is 18.5 Å². The van der Waals surface area contributed by atoms with Crippen molar-refractivity contribution in [3.63, 3.8) is 0 Å². The Bertz CT molecular complexity index is 1320. The number of hydrogen-bond acceptors (Lipinski definition) is 5. The summed E-state index contributed by atoms with van der Waals surface area (Å²) in [5, 5.41) is 6.42. The summed E-state index contributed by atoms with van der Waals surface area (Å²) in [6.45, 7) is 5.89. The van der Waals surface area contributed by atoms with E-state index in [4.69, 9.17) is 21.1 Å². The molecule has 6 nitrogen and oxygen atoms in total. The van der Waals surface area contributed by atoms with Gasteiger partial charge in [-0.2, -0.15) is 0 Å². The Balaban J connectivity index is 1.49. The maximum atomic E-state index is 13.2. The number of benzene rings is 3. The highest BCUT2D eigenvalue weighted by molar-refractivity contribution is 9.10. The third kappa shape index (κ3) is 6.93. The number of hydrogen-bond donors (Lipinski definition) is 2. The van der Waals surface area contributed by atoms with Gasteiger partial charge in [0, 0.05) is 21.3 Å². The molecule has 1 fully saturated rings. The number of ether oxygens (including phenoxy) is 2. The summed E-state index contributed by atoms with van der Waals surface area (Å²) in [7, 11) is 0. The fourth-order valence-corrected chi connectivity index (χ4v) is 4.87. The van der Waals surface area contributed by atoms with Crippen LogP contribution in [0.25, 0.3) is 0 Å². The lowest BCUT2D eigenvalue weighted by Crippen LogP contribution is -2.20. The Morgan fingerprint density at radius 3 is 2.51 bits per heavy atom. The predicted molar refractivity (Wildman–Crippen MR) is 152 cm³/mol. The van der Waals surface area contributed by atoms with Crippen molar-refractivity contribution < 1.29 is 19.1 Å². The van der Waals surface area contributed by atoms with Crippen molar-refractivity contribution in [2.24, 2.45) is 0 Å². The molecule has 1 saturated carbocycles. The lowest BCUT2D eigenvalue weighted by Gasteiger charge is -2.16. The van der Waals surface area contributed by atoms with Gasteiger partial charge in [0.25, 0.3) is 0 Å². The standard InChI is InChI=1S/C29H28BrClN2O4/c1-3-14-36-22-10-12-23(18(2)15-22)28(34)24-11-9-20(17-25(24)31)32-26-13-8-19(30)16-27(26)33-29(35)37-21-6-4-5-7-21/h3,8-13,15-17,21,32H,1,4-7,14H2,2H3,(H,33,35). The lowest BCUT2D eigenvalue weighted by atomic mass is 9.98. The largest absolute Gasteiger partial charge is 0.490 e. The van der Waals surface area contributed by atoms with Crippen LogP contribution in [0.15, 0.2) is 71.7 Å². The summed E-state index contributed by atoms with van der Waals surface area (Å²) in [5.41, 5.74) is 3.62. The van der Waals surface area contributed by atoms with Crippen molar-refractivity contribution in [1.82, 2.24) is 0 Å². The molecular weight excluding hydrogens is 556 g/mol. The fraction of sp³-hybridized carbons (Fsp3) is 0.241. The molecular formula is C29H28BrClN2O4. The van der Waals surface area contributed by atoms with Crippen molar-refractivity contribution in [2.75, 3.05) is 17.2 Å². The average molecular weight is 584 g/mol. The van der Waals surface area contributed by atoms with E-state index in [2.05, 4.69) is 33.1 Å². The van der Waals surface area contributed by atoms with E-state index in [0.717, 1.165) is 35.7 Å². The Labute approximate surface area is 230 Å². The van der Waals surface area contributed by atoms with Crippen LogP contribution in [0.2, 0.25) is 5.02 Å². The quantitative estimate of drug-likeness (QED) is 0.195. The van der Waals surface area contributed by atoms with Crippen LogP contribution in [0.3, 0.4) is 0 Å². The first-order valence-corrected chi connectivity index (χ1v) is 13.2. The van der Waals surface area contributed by atoms with Gasteiger partial charge in [0.15, 0.2) is 5.78 Å². The van der Waals surface area contributed by atoms with Crippen LogP contribution < -0.4 is 15.4 Å². The molecule has 2 N–H and O–H groups in total. The van der Waals surface area contributed by atoms with E-state index in [1.807, 2.05) is 25.1 Å². The van der Waals surface area contributed by atoms with Gasteiger partial charge in [0.05, 0.1) is 16.4 Å². The molecule has 4 rings (SSSR count). The van der Waals surface area contributed by atoms with Crippen LogP contribution in [-0.4, -0.2) is 24.6 Å². The molecule has 1 amide bonds. The molecule has 0 aromatic heterocycles. The topological polar surface area (TPSA) is 76.7 Å². The summed E-state index contributed by atoms with van der Waals surface area (Å²) in [6.07, 6.45) is 5.10. The number of nitrogens with one attached hydrogen (secondary N) is 2. The Hall–Kier alpha value is -3.29. The van der Waals surface area contributed by atoms with Crippen molar-refractivity contribution in [3.8, 4) is 5.75 Å². The fourth-order valence-electron chi connectivity index (χ4n) is 4.24. The zero-order valence-corrected chi connectivity index (χ0v) is 22.8. The summed E-state index contributed by atoms with van der Waals surface area (Å²) in [4.78, 5) is 25.7. The maximum absolute atomic E-state index is 13.2. The number of anilines is 3. The van der Waals surface area contributed by atoms with Crippen molar-refractivity contribution in [3.05, 3.63) is 93.4 Å². The predicted octanol–water partition coefficient (Wildman–Crippen LogP) is 8.44. The van der Waals surface area contributed by atoms with E-state index in [1.54, 1.807) is 42.5 Å². The molecule has 0 unspecified atom stereocenters. The van der Waals surface area contributed by atoms with Gasteiger partial charge in [-0.3, -0.25) is 10.1 Å². The lowest BCUT2D eigenvalue weighted by molar-refractivity contribution is 0.103. The monoisotopic (exact) mass is 582 g/mol. The highest BCUT2D eigenvalue weighted by Gasteiger charge is 2.20. The van der Waals surface area contributed by atoms with Gasteiger partial charge in [-0.25, -0.2) is 4.79 Å². The van der Waals surface area contributed by atoms with E-state index in [-0.39, 0.29) is 11.9 Å². The first kappa shape index (κ1) is 26.8. The summed E-state index contributed by atoms with van der Waals surface area (Å²) < 4.78 is 11.9. The van der Waals surface area contributed by atoms with Crippen LogP contribution in [-0.2, 0) is 4.74 Å². The van der Waals surface area contributed by atoms with Crippen LogP contribution in [0, 0.1) is 6.92 Å². The van der Waals surface area contributed by atoms with E-state index in [1.165, 1.54) is 0 Å². The Morgan fingerprint density at radius 1 is 1.05 bits per heavy atom. The molecule has 0 radical (unpaired) electrons. The van der Waals surface area contributed by atoms with Crippen molar-refractivity contribution in [1.29, 1.82) is 0 Å². The van der Waals surface area contributed by atoms with E-state index in [0.29, 0.717) is 45.6 Å². The SMILES string of the molecule is C=CCOc1ccc(C(=O)c2ccc(Nc3ccc(Br)cc3NC(=O)OC3CCCC3)cc2Cl)c(C)c1. The van der Waals surface area contributed by atoms with Gasteiger partial charge < -0.3 is 14.8 Å². The minimum Gasteiger partial charge on any atom is -0.490 e. The minimum absolute atomic E-state index is 0.0352. The molecule has 0 saturated heterocycles. The Morgan fingerprint density at radius 2 is 1.81 bits per heavy atom. The number of carbonyl (C=O) groups is 2. The van der Waals surface area contributed by atoms with E-state index < -0.39 is 6.09 Å². The number of halogens is 2. The normalized spacial score (nSPS) is 13.2. The third-order valence-corrected chi connectivity index (χ3v) is 6.90. The van der Waals surface area contributed by atoms with Crippen molar-refractivity contribution >= 4 is 56.5 Å². The second-order valence-corrected chi connectivity index (χ2v) is 10.2. The molecule has 0 aliphatic heterocycles. The zero-order chi connectivity index (χ0) is 26.4. The second-order valence-electron chi connectivity index (χ2n) is 8.85. The molecule has 192 valence electrons. The third-order valence-electron chi connectivity index (χ3n) is 6.10. The minimum atomic E-state index is -0.483. The molecule has 0 bridgehead atoms. The van der Waals surface area contributed by atoms with Crippen LogP contribution in [0.5, 0.6) is 5.75 Å². The van der Waals surface area contributed by atoms with Crippen LogP contribution >= 0.6 is 27.5 Å². The molecule has 0 heterocycles. The number of rotatable bonds is 9. The van der Waals surface area contributed by atoms with Gasteiger partial charge in [-0.1, -0.05) is 40.2 Å².